The molecule has 0 saturated heterocycles. The van der Waals surface area contributed by atoms with Gasteiger partial charge in [-0.1, -0.05) is 50.9 Å². The van der Waals surface area contributed by atoms with Crippen LogP contribution in [-0.2, 0) is 28.7 Å². The van der Waals surface area contributed by atoms with Crippen molar-refractivity contribution < 1.29 is 26.4 Å². The number of nitrogens with zero attached hydrogens (tertiary/aromatic N) is 6. The van der Waals surface area contributed by atoms with Gasteiger partial charge in [0.2, 0.25) is 23.7 Å². The number of amides is 2. The van der Waals surface area contributed by atoms with Crippen LogP contribution in [0.25, 0.3) is 0 Å². The molecule has 2 heterocycles. The van der Waals surface area contributed by atoms with Crippen LogP contribution in [0.4, 0.5) is 11.4 Å². The third-order valence-electron chi connectivity index (χ3n) is 6.66. The second kappa shape index (κ2) is 24.1. The molecule has 0 fully saturated rings. The number of guanidine groups is 2. The van der Waals surface area contributed by atoms with Crippen LogP contribution in [-0.4, -0.2) is 94.5 Å². The zero-order valence-corrected chi connectivity index (χ0v) is 38.7. The van der Waals surface area contributed by atoms with Gasteiger partial charge >= 0.3 is 0 Å². The maximum Gasteiger partial charge on any atom is 0.264 e. The minimum Gasteiger partial charge on any atom is -0.368 e. The molecule has 16 nitrogen and oxygen atoms in total. The van der Waals surface area contributed by atoms with E-state index in [4.69, 9.17) is 62.8 Å². The Morgan fingerprint density at radius 3 is 1.54 bits per heavy atom. The zero-order chi connectivity index (χ0) is 43.1. The molecule has 0 aromatic heterocycles. The van der Waals surface area contributed by atoms with Crippen molar-refractivity contribution in [3.8, 4) is 0 Å². The summed E-state index contributed by atoms with van der Waals surface area (Å²) in [6.07, 6.45) is 3.66. The third-order valence-corrected chi connectivity index (χ3v) is 9.97. The summed E-state index contributed by atoms with van der Waals surface area (Å²) in [6.45, 7) is 17.1. The fourth-order valence-corrected chi connectivity index (χ4v) is 6.70. The molecule has 0 radical (unpaired) electrons. The van der Waals surface area contributed by atoms with Crippen molar-refractivity contribution >= 4 is 136 Å². The minimum atomic E-state index is -3.92. The second-order valence-corrected chi connectivity index (χ2v) is 18.9. The molecule has 57 heavy (non-hydrogen) atoms. The number of benzene rings is 2. The van der Waals surface area contributed by atoms with E-state index in [1.807, 2.05) is 27.0 Å². The van der Waals surface area contributed by atoms with Crippen molar-refractivity contribution in [2.24, 2.45) is 36.8 Å². The molecule has 2 aromatic carbocycles. The second-order valence-electron chi connectivity index (χ2n) is 13.0. The fourth-order valence-electron chi connectivity index (χ4n) is 4.29. The van der Waals surface area contributed by atoms with Gasteiger partial charge in [-0.2, -0.15) is 10.2 Å². The average molecular weight is 958 g/mol. The molecular formula is C33H48Cl6N10O6S2. The number of aliphatic imine (C=N–C) groups is 2. The Morgan fingerprint density at radius 1 is 0.789 bits per heavy atom. The Labute approximate surface area is 365 Å². The number of hydrogen-bond donors (Lipinski definition) is 4. The highest BCUT2D eigenvalue weighted by Crippen LogP contribution is 2.28. The first-order valence-corrected chi connectivity index (χ1v) is 22.2. The van der Waals surface area contributed by atoms with Gasteiger partial charge in [-0.3, -0.25) is 19.6 Å². The molecule has 0 aliphatic carbocycles. The largest absolute Gasteiger partial charge is 0.368 e. The molecule has 5 N–H and O–H groups in total. The van der Waals surface area contributed by atoms with Crippen molar-refractivity contribution in [3.05, 3.63) is 46.4 Å². The Bertz CT molecular complexity index is 2030. The van der Waals surface area contributed by atoms with Crippen LogP contribution in [0.15, 0.2) is 66.4 Å². The highest BCUT2D eigenvalue weighted by molar-refractivity contribution is 8.13. The van der Waals surface area contributed by atoms with Crippen LogP contribution < -0.4 is 21.1 Å². The van der Waals surface area contributed by atoms with Gasteiger partial charge in [0.15, 0.2) is 0 Å². The van der Waals surface area contributed by atoms with Gasteiger partial charge in [0.05, 0.1) is 49.6 Å². The Kier molecular flexibility index (Phi) is 22.8. The van der Waals surface area contributed by atoms with Crippen LogP contribution in [0.2, 0.25) is 10.0 Å². The lowest BCUT2D eigenvalue weighted by atomic mass is 9.97. The highest BCUT2D eigenvalue weighted by atomic mass is 35.7. The van der Waals surface area contributed by atoms with E-state index in [2.05, 4.69) is 49.4 Å². The molecule has 320 valence electrons. The van der Waals surface area contributed by atoms with E-state index in [-0.39, 0.29) is 66.2 Å². The topological polar surface area (TPSA) is 220 Å². The highest BCUT2D eigenvalue weighted by Gasteiger charge is 2.30. The fraction of sp³-hybridized carbons (Fsp3) is 0.455. The molecule has 0 bridgehead atoms. The Hall–Kier alpha value is -3.10. The number of nitrogens with two attached hydrogens (primary N) is 1. The van der Waals surface area contributed by atoms with E-state index >= 15 is 0 Å². The number of nitrogens with one attached hydrogen (secondary N) is 3. The summed E-state index contributed by atoms with van der Waals surface area (Å²) in [7, 11) is -2.60. The normalized spacial score (nSPS) is 15.5. The van der Waals surface area contributed by atoms with E-state index in [1.165, 1.54) is 55.3 Å². The van der Waals surface area contributed by atoms with E-state index in [9.17, 15) is 26.4 Å². The maximum absolute atomic E-state index is 12.7. The predicted molar refractivity (Wildman–Crippen MR) is 237 cm³/mol. The molecular weight excluding hydrogens is 909 g/mol. The smallest absolute Gasteiger partial charge is 0.264 e. The average Bonchev–Trinajstić information content (AvgIpc) is 3.63. The number of rotatable bonds is 7. The lowest BCUT2D eigenvalue weighted by Crippen LogP contribution is -2.42. The van der Waals surface area contributed by atoms with E-state index in [1.54, 1.807) is 18.1 Å². The van der Waals surface area contributed by atoms with E-state index < -0.39 is 19.1 Å². The number of sulfonamides is 1. The van der Waals surface area contributed by atoms with Gasteiger partial charge < -0.3 is 16.4 Å². The molecule has 24 heteroatoms. The monoisotopic (exact) mass is 954 g/mol. The van der Waals surface area contributed by atoms with Gasteiger partial charge in [0.25, 0.3) is 19.1 Å². The number of alkyl halides is 2. The van der Waals surface area contributed by atoms with Crippen molar-refractivity contribution in [2.45, 2.75) is 65.2 Å². The summed E-state index contributed by atoms with van der Waals surface area (Å²) in [5, 5.41) is 17.1. The maximum atomic E-state index is 12.7. The van der Waals surface area contributed by atoms with Gasteiger partial charge in [0, 0.05) is 60.9 Å². The molecule has 4 rings (SSSR count). The summed E-state index contributed by atoms with van der Waals surface area (Å²) in [4.78, 5) is 30.0. The van der Waals surface area contributed by atoms with E-state index in [0.29, 0.717) is 37.0 Å². The minimum absolute atomic E-state index is 0. The Morgan fingerprint density at radius 2 is 1.19 bits per heavy atom. The quantitative estimate of drug-likeness (QED) is 0.0970. The summed E-state index contributed by atoms with van der Waals surface area (Å²) in [5.74, 6) is 0.0709. The number of halogens is 6. The van der Waals surface area contributed by atoms with Crippen LogP contribution in [0.3, 0.4) is 0 Å². The number of hydrazone groups is 2. The lowest BCUT2D eigenvalue weighted by molar-refractivity contribution is -0.115. The summed E-state index contributed by atoms with van der Waals surface area (Å²) in [5.41, 5.74) is 6.29. The SMILES string of the molecule is CC(=O)Nc1ccc(S(=O)(=O)Cl)cc1Cl.CCN=C(N)N1CC(C)(C)C=N1.CCN=C(NS(=O)(=O)c1ccc(NC(C)=O)c(Cl)c1)N1CC(C)(C)C=N1.Cl.ClCCl. The zero-order valence-electron chi connectivity index (χ0n) is 32.5. The molecule has 0 atom stereocenters. The summed E-state index contributed by atoms with van der Waals surface area (Å²) >= 11 is 21.3. The Balaban J connectivity index is 0.000000858. The van der Waals surface area contributed by atoms with Crippen molar-refractivity contribution in [1.29, 1.82) is 0 Å². The van der Waals surface area contributed by atoms with Crippen LogP contribution >= 0.6 is 69.5 Å². The molecule has 2 aliphatic rings. The van der Waals surface area contributed by atoms with Crippen molar-refractivity contribution in [2.75, 3.05) is 42.2 Å². The van der Waals surface area contributed by atoms with Crippen LogP contribution in [0, 0.1) is 10.8 Å². The number of anilines is 2. The lowest BCUT2D eigenvalue weighted by Gasteiger charge is -2.21. The van der Waals surface area contributed by atoms with E-state index in [0.717, 1.165) is 6.54 Å². The molecule has 2 aliphatic heterocycles. The number of carbonyl (C=O) groups is 2. The number of carbonyl (C=O) groups excluding carboxylic acids is 2. The van der Waals surface area contributed by atoms with Crippen molar-refractivity contribution in [1.82, 2.24) is 14.7 Å². The van der Waals surface area contributed by atoms with Crippen LogP contribution in [0.5, 0.6) is 0 Å². The number of hydrogen-bond acceptors (Lipinski definition) is 10. The van der Waals surface area contributed by atoms with Crippen molar-refractivity contribution in [3.63, 3.8) is 0 Å². The summed E-state index contributed by atoms with van der Waals surface area (Å²) < 4.78 is 49.8. The third kappa shape index (κ3) is 19.5. The van der Waals surface area contributed by atoms with Gasteiger partial charge in [-0.15, -0.1) is 35.6 Å². The van der Waals surface area contributed by atoms with Gasteiger partial charge in [0.1, 0.15) is 0 Å². The predicted octanol–water partition coefficient (Wildman–Crippen LogP) is 7.00. The molecule has 2 amide bonds. The molecule has 0 spiro atoms. The van der Waals surface area contributed by atoms with Gasteiger partial charge in [-0.05, 0) is 50.2 Å². The molecule has 2 aromatic rings. The van der Waals surface area contributed by atoms with Gasteiger partial charge in [-0.25, -0.2) is 31.6 Å². The molecule has 0 saturated carbocycles. The summed E-state index contributed by atoms with van der Waals surface area (Å²) in [6, 6.07) is 7.88. The first kappa shape index (κ1) is 53.9. The van der Waals surface area contributed by atoms with Crippen LogP contribution in [0.1, 0.15) is 55.4 Å². The first-order valence-electron chi connectivity index (χ1n) is 16.5. The standard InChI is InChI=1S/C16H22ClN5O3S.C8H7Cl2NO3S.C8H16N4.CH2Cl2.ClH/c1-5-18-15(22-10-16(3,4)9-19-22)21-26(24,25)12-6-7-14(13(17)8-12)20-11(2)23;1-5(12)11-8-3-2-6(4-7(8)9)15(10,13)14;1-4-10-7(9)12-6-8(2,3)5-11-12;2-1-3;/h6-9H,5,10H2,1-4H3,(H,18,21)(H,20,23);2-4H,1H3,(H,11,12);5H,4,6H2,1-3H3,(H2,9,10);1H2;1H. The first-order chi connectivity index (χ1) is 25.8. The molecule has 0 unspecified atom stereocenters.